The van der Waals surface area contributed by atoms with E-state index in [0.717, 1.165) is 22.2 Å². The van der Waals surface area contributed by atoms with E-state index in [-0.39, 0.29) is 29.8 Å². The molecule has 1 aromatic heterocycles. The number of halogens is 2. The molecule has 1 saturated heterocycles. The zero-order chi connectivity index (χ0) is 22.7. The average molecular weight is 523 g/mol. The van der Waals surface area contributed by atoms with E-state index in [9.17, 15) is 17.6 Å². The Morgan fingerprint density at radius 2 is 2.03 bits per heavy atom. The normalized spacial score (nSPS) is 17.2. The van der Waals surface area contributed by atoms with Crippen molar-refractivity contribution in [1.29, 1.82) is 0 Å². The minimum atomic E-state index is -3.80. The predicted molar refractivity (Wildman–Crippen MR) is 117 cm³/mol. The first-order valence-electron chi connectivity index (χ1n) is 9.95. The highest BCUT2D eigenvalue weighted by atomic mass is 79.9. The zero-order valence-corrected chi connectivity index (χ0v) is 19.3. The fourth-order valence-electron chi connectivity index (χ4n) is 3.51. The molecule has 2 heterocycles. The van der Waals surface area contributed by atoms with Gasteiger partial charge in [-0.25, -0.2) is 12.8 Å². The van der Waals surface area contributed by atoms with Crippen LogP contribution < -0.4 is 5.32 Å². The van der Waals surface area contributed by atoms with Gasteiger partial charge in [-0.1, -0.05) is 33.2 Å². The number of benzene rings is 2. The fraction of sp³-hybridized carbons (Fsp3) is 0.286. The first kappa shape index (κ1) is 22.6. The largest absolute Gasteiger partial charge is 0.347 e. The lowest BCUT2D eigenvalue weighted by molar-refractivity contribution is -0.126. The number of aromatic nitrogens is 2. The van der Waals surface area contributed by atoms with Gasteiger partial charge in [-0.05, 0) is 49.2 Å². The van der Waals surface area contributed by atoms with Crippen LogP contribution in [0.1, 0.15) is 18.7 Å². The highest BCUT2D eigenvalue weighted by Crippen LogP contribution is 2.24. The summed E-state index contributed by atoms with van der Waals surface area (Å²) in [4.78, 5) is 17.0. The van der Waals surface area contributed by atoms with Crippen molar-refractivity contribution in [3.05, 3.63) is 64.7 Å². The molecule has 0 aliphatic carbocycles. The maximum Gasteiger partial charge on any atom is 0.246 e. The lowest BCUT2D eigenvalue weighted by atomic mass is 9.99. The van der Waals surface area contributed by atoms with Gasteiger partial charge in [0.15, 0.2) is 0 Å². The number of amides is 1. The summed E-state index contributed by atoms with van der Waals surface area (Å²) >= 11 is 3.39. The van der Waals surface area contributed by atoms with E-state index in [1.165, 1.54) is 16.4 Å². The van der Waals surface area contributed by atoms with Crippen LogP contribution in [0.5, 0.6) is 0 Å². The molecule has 4 rings (SSSR count). The maximum atomic E-state index is 13.1. The second-order valence-electron chi connectivity index (χ2n) is 7.40. The lowest BCUT2D eigenvalue weighted by Crippen LogP contribution is -2.45. The van der Waals surface area contributed by atoms with Crippen LogP contribution in [0.25, 0.3) is 11.4 Å². The Morgan fingerprint density at radius 3 is 2.78 bits per heavy atom. The Bertz CT molecular complexity index is 1220. The third-order valence-electron chi connectivity index (χ3n) is 5.17. The Labute approximate surface area is 193 Å². The van der Waals surface area contributed by atoms with Crippen LogP contribution in [0.15, 0.2) is 62.4 Å². The SMILES string of the molecule is O=C(NCc1nc(-c2cccc(Br)c2)no1)[C@@H]1CCCN(S(=O)(=O)c2ccc(F)cc2)C1. The monoisotopic (exact) mass is 522 g/mol. The van der Waals surface area contributed by atoms with Gasteiger partial charge in [-0.2, -0.15) is 9.29 Å². The van der Waals surface area contributed by atoms with Gasteiger partial charge in [0.1, 0.15) is 5.82 Å². The smallest absolute Gasteiger partial charge is 0.246 e. The predicted octanol–water partition coefficient (Wildman–Crippen LogP) is 3.36. The molecule has 8 nitrogen and oxygen atoms in total. The topological polar surface area (TPSA) is 105 Å². The molecule has 0 radical (unpaired) electrons. The van der Waals surface area contributed by atoms with E-state index in [1.54, 1.807) is 0 Å². The molecule has 1 amide bonds. The van der Waals surface area contributed by atoms with E-state index in [0.29, 0.717) is 25.2 Å². The molecule has 1 N–H and O–H groups in total. The molecule has 168 valence electrons. The number of carbonyl (C=O) groups is 1. The van der Waals surface area contributed by atoms with Crippen LogP contribution in [0.4, 0.5) is 4.39 Å². The fourth-order valence-corrected chi connectivity index (χ4v) is 5.43. The lowest BCUT2D eigenvalue weighted by Gasteiger charge is -2.31. The molecule has 0 unspecified atom stereocenters. The molecular formula is C21H20BrFN4O4S. The molecule has 1 fully saturated rings. The van der Waals surface area contributed by atoms with Crippen LogP contribution >= 0.6 is 15.9 Å². The van der Waals surface area contributed by atoms with Crippen molar-refractivity contribution in [2.24, 2.45) is 5.92 Å². The Morgan fingerprint density at radius 1 is 1.25 bits per heavy atom. The summed E-state index contributed by atoms with van der Waals surface area (Å²) in [7, 11) is -3.80. The van der Waals surface area contributed by atoms with E-state index in [4.69, 9.17) is 4.52 Å². The van der Waals surface area contributed by atoms with E-state index >= 15 is 0 Å². The van der Waals surface area contributed by atoms with Crippen LogP contribution in [-0.4, -0.2) is 41.9 Å². The van der Waals surface area contributed by atoms with E-state index in [1.807, 2.05) is 24.3 Å². The number of nitrogens with zero attached hydrogens (tertiary/aromatic N) is 3. The van der Waals surface area contributed by atoms with Gasteiger partial charge >= 0.3 is 0 Å². The number of sulfonamides is 1. The van der Waals surface area contributed by atoms with Gasteiger partial charge < -0.3 is 9.84 Å². The molecule has 0 spiro atoms. The molecule has 1 aliphatic rings. The van der Waals surface area contributed by atoms with Gasteiger partial charge in [-0.3, -0.25) is 4.79 Å². The summed E-state index contributed by atoms with van der Waals surface area (Å²) in [6.45, 7) is 0.406. The quantitative estimate of drug-likeness (QED) is 0.532. The second kappa shape index (κ2) is 9.47. The molecule has 2 aromatic carbocycles. The Balaban J connectivity index is 1.37. The summed E-state index contributed by atoms with van der Waals surface area (Å²) in [6, 6.07) is 12.1. The molecule has 32 heavy (non-hydrogen) atoms. The van der Waals surface area contributed by atoms with Gasteiger partial charge in [0.25, 0.3) is 0 Å². The third-order valence-corrected chi connectivity index (χ3v) is 7.54. The zero-order valence-electron chi connectivity index (χ0n) is 16.9. The van der Waals surface area contributed by atoms with Crippen molar-refractivity contribution in [1.82, 2.24) is 19.8 Å². The van der Waals surface area contributed by atoms with Gasteiger partial charge in [0.2, 0.25) is 27.6 Å². The second-order valence-corrected chi connectivity index (χ2v) is 10.2. The molecular weight excluding hydrogens is 503 g/mol. The molecule has 1 atom stereocenters. The standard InChI is InChI=1S/C21H20BrFN4O4S/c22-16-5-1-3-14(11-16)20-25-19(31-26-20)12-24-21(28)15-4-2-10-27(13-15)32(29,30)18-8-6-17(23)7-9-18/h1,3,5-9,11,15H,2,4,10,12-13H2,(H,24,28)/t15-/m1/s1. The molecule has 0 saturated carbocycles. The van der Waals surface area contributed by atoms with Crippen molar-refractivity contribution >= 4 is 31.9 Å². The van der Waals surface area contributed by atoms with Crippen LogP contribution in [0.3, 0.4) is 0 Å². The summed E-state index contributed by atoms with van der Waals surface area (Å²) in [5, 5.41) is 6.68. The van der Waals surface area contributed by atoms with Crippen LogP contribution in [0.2, 0.25) is 0 Å². The highest BCUT2D eigenvalue weighted by molar-refractivity contribution is 9.10. The molecule has 0 bridgehead atoms. The Kier molecular flexibility index (Phi) is 6.68. The van der Waals surface area contributed by atoms with Crippen molar-refractivity contribution in [2.75, 3.05) is 13.1 Å². The van der Waals surface area contributed by atoms with E-state index in [2.05, 4.69) is 31.4 Å². The highest BCUT2D eigenvalue weighted by Gasteiger charge is 2.33. The number of carbonyl (C=O) groups excluding carboxylic acids is 1. The van der Waals surface area contributed by atoms with Crippen LogP contribution in [0, 0.1) is 11.7 Å². The number of piperidine rings is 1. The first-order valence-corrected chi connectivity index (χ1v) is 12.2. The van der Waals surface area contributed by atoms with E-state index < -0.39 is 21.8 Å². The van der Waals surface area contributed by atoms with Gasteiger partial charge in [-0.15, -0.1) is 0 Å². The summed E-state index contributed by atoms with van der Waals surface area (Å²) in [5.41, 5.74) is 0.773. The van der Waals surface area contributed by atoms with Gasteiger partial charge in [0.05, 0.1) is 17.4 Å². The maximum absolute atomic E-state index is 13.1. The number of hydrogen-bond acceptors (Lipinski definition) is 6. The minimum absolute atomic E-state index is 0.00546. The van der Waals surface area contributed by atoms with Crippen molar-refractivity contribution in [3.8, 4) is 11.4 Å². The summed E-state index contributed by atoms with van der Waals surface area (Å²) < 4.78 is 46.2. The first-order chi connectivity index (χ1) is 15.3. The van der Waals surface area contributed by atoms with Gasteiger partial charge in [0, 0.05) is 23.1 Å². The third kappa shape index (κ3) is 5.05. The minimum Gasteiger partial charge on any atom is -0.347 e. The van der Waals surface area contributed by atoms with Crippen molar-refractivity contribution in [3.63, 3.8) is 0 Å². The number of nitrogens with one attached hydrogen (secondary N) is 1. The summed E-state index contributed by atoms with van der Waals surface area (Å²) in [5.74, 6) is -0.647. The molecule has 1 aliphatic heterocycles. The number of hydrogen-bond donors (Lipinski definition) is 1. The summed E-state index contributed by atoms with van der Waals surface area (Å²) in [6.07, 6.45) is 1.11. The number of rotatable bonds is 6. The van der Waals surface area contributed by atoms with Crippen molar-refractivity contribution in [2.45, 2.75) is 24.3 Å². The Hall–Kier alpha value is -2.63. The molecule has 3 aromatic rings. The molecule has 11 heteroatoms. The average Bonchev–Trinajstić information content (AvgIpc) is 3.27. The van der Waals surface area contributed by atoms with Crippen LogP contribution in [-0.2, 0) is 21.4 Å². The van der Waals surface area contributed by atoms with Crippen molar-refractivity contribution < 1.29 is 22.1 Å².